The van der Waals surface area contributed by atoms with Crippen LogP contribution in [-0.4, -0.2) is 11.8 Å². The first-order chi connectivity index (χ1) is 6.74. The second kappa shape index (κ2) is 5.55. The van der Waals surface area contributed by atoms with Crippen molar-refractivity contribution in [2.75, 3.05) is 0 Å². The van der Waals surface area contributed by atoms with E-state index >= 15 is 0 Å². The minimum Gasteiger partial charge on any atom is -0.328 e. The predicted molar refractivity (Wildman–Crippen MR) is 58.3 cm³/mol. The Morgan fingerprint density at radius 1 is 1.36 bits per heavy atom. The standard InChI is InChI=1S/C12H17NO/c1-2-11(13)8-9-12(14)10-6-4-3-5-7-10/h3-7,11H,2,8-9,13H2,1H3. The van der Waals surface area contributed by atoms with E-state index in [-0.39, 0.29) is 11.8 Å². The van der Waals surface area contributed by atoms with E-state index in [9.17, 15) is 4.79 Å². The number of carbonyl (C=O) groups excluding carboxylic acids is 1. The summed E-state index contributed by atoms with van der Waals surface area (Å²) in [6.45, 7) is 2.04. The molecular formula is C12H17NO. The van der Waals surface area contributed by atoms with E-state index in [1.165, 1.54) is 0 Å². The first kappa shape index (κ1) is 10.9. The Labute approximate surface area is 85.1 Å². The van der Waals surface area contributed by atoms with Crippen LogP contribution in [0.15, 0.2) is 30.3 Å². The Hall–Kier alpha value is -1.15. The van der Waals surface area contributed by atoms with Crippen LogP contribution in [0.4, 0.5) is 0 Å². The molecule has 0 aliphatic heterocycles. The Morgan fingerprint density at radius 3 is 2.57 bits per heavy atom. The van der Waals surface area contributed by atoms with Gasteiger partial charge in [0.15, 0.2) is 5.78 Å². The summed E-state index contributed by atoms with van der Waals surface area (Å²) in [5.74, 6) is 0.189. The first-order valence-corrected chi connectivity index (χ1v) is 5.08. The topological polar surface area (TPSA) is 43.1 Å². The molecule has 14 heavy (non-hydrogen) atoms. The molecule has 0 spiro atoms. The Balaban J connectivity index is 2.44. The molecule has 1 unspecified atom stereocenters. The lowest BCUT2D eigenvalue weighted by Gasteiger charge is -2.07. The Bertz CT molecular complexity index is 282. The molecule has 1 aromatic carbocycles. The van der Waals surface area contributed by atoms with Gasteiger partial charge in [0.1, 0.15) is 0 Å². The highest BCUT2D eigenvalue weighted by Gasteiger charge is 2.07. The summed E-state index contributed by atoms with van der Waals surface area (Å²) in [5, 5.41) is 0. The van der Waals surface area contributed by atoms with Crippen LogP contribution in [0, 0.1) is 0 Å². The summed E-state index contributed by atoms with van der Waals surface area (Å²) in [6, 6.07) is 9.52. The minimum absolute atomic E-state index is 0.155. The summed E-state index contributed by atoms with van der Waals surface area (Å²) in [4.78, 5) is 11.6. The fraction of sp³-hybridized carbons (Fsp3) is 0.417. The molecule has 0 fully saturated rings. The Morgan fingerprint density at radius 2 is 2.00 bits per heavy atom. The zero-order chi connectivity index (χ0) is 10.4. The lowest BCUT2D eigenvalue weighted by Crippen LogP contribution is -2.19. The van der Waals surface area contributed by atoms with Gasteiger partial charge in [0, 0.05) is 18.0 Å². The van der Waals surface area contributed by atoms with E-state index in [1.807, 2.05) is 37.3 Å². The maximum absolute atomic E-state index is 11.6. The third-order valence-corrected chi connectivity index (χ3v) is 2.36. The van der Waals surface area contributed by atoms with Crippen molar-refractivity contribution in [3.05, 3.63) is 35.9 Å². The van der Waals surface area contributed by atoms with E-state index in [4.69, 9.17) is 5.73 Å². The normalized spacial score (nSPS) is 12.4. The van der Waals surface area contributed by atoms with Gasteiger partial charge in [-0.05, 0) is 12.8 Å². The minimum atomic E-state index is 0.155. The van der Waals surface area contributed by atoms with Gasteiger partial charge in [-0.1, -0.05) is 37.3 Å². The van der Waals surface area contributed by atoms with E-state index < -0.39 is 0 Å². The maximum Gasteiger partial charge on any atom is 0.162 e. The van der Waals surface area contributed by atoms with Gasteiger partial charge in [-0.25, -0.2) is 0 Å². The van der Waals surface area contributed by atoms with Crippen molar-refractivity contribution in [2.24, 2.45) is 5.73 Å². The van der Waals surface area contributed by atoms with Crippen molar-refractivity contribution < 1.29 is 4.79 Å². The van der Waals surface area contributed by atoms with Crippen molar-refractivity contribution >= 4 is 5.78 Å². The van der Waals surface area contributed by atoms with E-state index in [2.05, 4.69) is 0 Å². The van der Waals surface area contributed by atoms with Gasteiger partial charge in [0.05, 0.1) is 0 Å². The summed E-state index contributed by atoms with van der Waals surface area (Å²) in [6.07, 6.45) is 2.27. The third kappa shape index (κ3) is 3.30. The fourth-order valence-electron chi connectivity index (χ4n) is 1.29. The van der Waals surface area contributed by atoms with Crippen LogP contribution in [0.1, 0.15) is 36.5 Å². The molecule has 76 valence electrons. The number of benzene rings is 1. The molecule has 1 aromatic rings. The zero-order valence-corrected chi connectivity index (χ0v) is 8.57. The summed E-state index contributed by atoms with van der Waals surface area (Å²) >= 11 is 0. The molecule has 0 bridgehead atoms. The van der Waals surface area contributed by atoms with Gasteiger partial charge in [-0.3, -0.25) is 4.79 Å². The molecule has 1 atom stereocenters. The number of carbonyl (C=O) groups is 1. The largest absolute Gasteiger partial charge is 0.328 e. The van der Waals surface area contributed by atoms with Crippen molar-refractivity contribution in [1.82, 2.24) is 0 Å². The highest BCUT2D eigenvalue weighted by molar-refractivity contribution is 5.95. The molecule has 0 radical (unpaired) electrons. The predicted octanol–water partition coefficient (Wildman–Crippen LogP) is 2.39. The number of hydrogen-bond acceptors (Lipinski definition) is 2. The van der Waals surface area contributed by atoms with Gasteiger partial charge in [0.2, 0.25) is 0 Å². The molecule has 0 saturated carbocycles. The average molecular weight is 191 g/mol. The van der Waals surface area contributed by atoms with Crippen LogP contribution in [-0.2, 0) is 0 Å². The van der Waals surface area contributed by atoms with Crippen molar-refractivity contribution in [2.45, 2.75) is 32.2 Å². The molecule has 0 heterocycles. The highest BCUT2D eigenvalue weighted by atomic mass is 16.1. The second-order valence-corrected chi connectivity index (χ2v) is 3.50. The average Bonchev–Trinajstić information content (AvgIpc) is 2.26. The van der Waals surface area contributed by atoms with Crippen LogP contribution in [0.5, 0.6) is 0 Å². The van der Waals surface area contributed by atoms with Crippen molar-refractivity contribution in [3.63, 3.8) is 0 Å². The summed E-state index contributed by atoms with van der Waals surface area (Å²) in [7, 11) is 0. The number of rotatable bonds is 5. The lowest BCUT2D eigenvalue weighted by atomic mass is 10.0. The Kier molecular flexibility index (Phi) is 4.33. The van der Waals surface area contributed by atoms with Crippen LogP contribution >= 0.6 is 0 Å². The van der Waals surface area contributed by atoms with E-state index in [0.29, 0.717) is 6.42 Å². The summed E-state index contributed by atoms with van der Waals surface area (Å²) < 4.78 is 0. The summed E-state index contributed by atoms with van der Waals surface area (Å²) in [5.41, 5.74) is 6.53. The van der Waals surface area contributed by atoms with Crippen LogP contribution in [0.3, 0.4) is 0 Å². The molecular weight excluding hydrogens is 174 g/mol. The number of ketones is 1. The molecule has 0 aromatic heterocycles. The molecule has 2 heteroatoms. The number of Topliss-reactive ketones (excluding diaryl/α,β-unsaturated/α-hetero) is 1. The monoisotopic (exact) mass is 191 g/mol. The molecule has 0 aliphatic carbocycles. The SMILES string of the molecule is CCC(N)CCC(=O)c1ccccc1. The molecule has 0 aliphatic rings. The quantitative estimate of drug-likeness (QED) is 0.726. The maximum atomic E-state index is 11.6. The van der Waals surface area contributed by atoms with Gasteiger partial charge in [0.25, 0.3) is 0 Å². The molecule has 2 nitrogen and oxygen atoms in total. The van der Waals surface area contributed by atoms with Gasteiger partial charge < -0.3 is 5.73 Å². The van der Waals surface area contributed by atoms with E-state index in [0.717, 1.165) is 18.4 Å². The van der Waals surface area contributed by atoms with Crippen molar-refractivity contribution in [1.29, 1.82) is 0 Å². The smallest absolute Gasteiger partial charge is 0.162 e. The lowest BCUT2D eigenvalue weighted by molar-refractivity contribution is 0.0977. The third-order valence-electron chi connectivity index (χ3n) is 2.36. The van der Waals surface area contributed by atoms with Crippen LogP contribution in [0.25, 0.3) is 0 Å². The van der Waals surface area contributed by atoms with E-state index in [1.54, 1.807) is 0 Å². The van der Waals surface area contributed by atoms with Crippen molar-refractivity contribution in [3.8, 4) is 0 Å². The number of hydrogen-bond donors (Lipinski definition) is 1. The first-order valence-electron chi connectivity index (χ1n) is 5.08. The second-order valence-electron chi connectivity index (χ2n) is 3.50. The molecule has 0 saturated heterocycles. The van der Waals surface area contributed by atoms with Crippen LogP contribution in [0.2, 0.25) is 0 Å². The van der Waals surface area contributed by atoms with Gasteiger partial charge in [-0.2, -0.15) is 0 Å². The fourth-order valence-corrected chi connectivity index (χ4v) is 1.29. The van der Waals surface area contributed by atoms with Gasteiger partial charge >= 0.3 is 0 Å². The molecule has 1 rings (SSSR count). The molecule has 0 amide bonds. The van der Waals surface area contributed by atoms with Gasteiger partial charge in [-0.15, -0.1) is 0 Å². The van der Waals surface area contributed by atoms with Crippen LogP contribution < -0.4 is 5.73 Å². The number of nitrogens with two attached hydrogens (primary N) is 1. The zero-order valence-electron chi connectivity index (χ0n) is 8.57. The molecule has 2 N–H and O–H groups in total. The highest BCUT2D eigenvalue weighted by Crippen LogP contribution is 2.07.